The summed E-state index contributed by atoms with van der Waals surface area (Å²) >= 11 is 0. The number of rotatable bonds is 1. The highest BCUT2D eigenvalue weighted by molar-refractivity contribution is 5.23. The largest absolute Gasteiger partial charge is 0.392 e. The summed E-state index contributed by atoms with van der Waals surface area (Å²) in [4.78, 5) is 0. The Labute approximate surface area is 61.8 Å². The lowest BCUT2D eigenvalue weighted by atomic mass is 9.61. The van der Waals surface area contributed by atoms with E-state index in [4.69, 9.17) is 5.11 Å². The van der Waals surface area contributed by atoms with E-state index in [1.54, 1.807) is 0 Å². The van der Waals surface area contributed by atoms with Crippen LogP contribution >= 0.6 is 0 Å². The van der Waals surface area contributed by atoms with Crippen LogP contribution in [-0.4, -0.2) is 11.7 Å². The van der Waals surface area contributed by atoms with Crippen molar-refractivity contribution in [1.29, 1.82) is 0 Å². The zero-order chi connectivity index (χ0) is 7.19. The van der Waals surface area contributed by atoms with Gasteiger partial charge in [0.15, 0.2) is 0 Å². The maximum atomic E-state index is 8.93. The van der Waals surface area contributed by atoms with E-state index in [2.05, 4.69) is 13.0 Å². The Balaban J connectivity index is 2.16. The van der Waals surface area contributed by atoms with E-state index >= 15 is 0 Å². The molecular weight excluding hydrogens is 124 g/mol. The molecule has 56 valence electrons. The third-order valence-electron chi connectivity index (χ3n) is 3.31. The minimum Gasteiger partial charge on any atom is -0.392 e. The van der Waals surface area contributed by atoms with Crippen LogP contribution in [0.1, 0.15) is 26.2 Å². The Bertz CT molecular complexity index is 183. The van der Waals surface area contributed by atoms with Crippen molar-refractivity contribution >= 4 is 0 Å². The first kappa shape index (κ1) is 6.41. The van der Waals surface area contributed by atoms with E-state index in [1.807, 2.05) is 0 Å². The lowest BCUT2D eigenvalue weighted by Gasteiger charge is -2.43. The number of allylic oxidation sites excluding steroid dienone is 1. The van der Waals surface area contributed by atoms with Gasteiger partial charge in [-0.25, -0.2) is 0 Å². The quantitative estimate of drug-likeness (QED) is 0.547. The van der Waals surface area contributed by atoms with Crippen LogP contribution in [-0.2, 0) is 0 Å². The topological polar surface area (TPSA) is 20.2 Å². The molecule has 0 radical (unpaired) electrons. The number of aliphatic hydroxyl groups excluding tert-OH is 1. The molecule has 0 aromatic carbocycles. The summed E-state index contributed by atoms with van der Waals surface area (Å²) in [6.07, 6.45) is 6.10. The third-order valence-corrected chi connectivity index (χ3v) is 3.31. The Morgan fingerprint density at radius 1 is 1.80 bits per heavy atom. The summed E-state index contributed by atoms with van der Waals surface area (Å²) < 4.78 is 0. The van der Waals surface area contributed by atoms with Gasteiger partial charge in [0.05, 0.1) is 6.61 Å². The maximum Gasteiger partial charge on any atom is 0.0644 e. The molecule has 0 amide bonds. The number of hydrogen-bond acceptors (Lipinski definition) is 1. The van der Waals surface area contributed by atoms with Gasteiger partial charge < -0.3 is 5.11 Å². The lowest BCUT2D eigenvalue weighted by Crippen LogP contribution is -2.34. The molecule has 2 rings (SSSR count). The van der Waals surface area contributed by atoms with Crippen LogP contribution in [0.5, 0.6) is 0 Å². The molecule has 1 heteroatoms. The normalized spacial score (nSPS) is 44.2. The van der Waals surface area contributed by atoms with Gasteiger partial charge in [0.1, 0.15) is 0 Å². The summed E-state index contributed by atoms with van der Waals surface area (Å²) in [5.74, 6) is 0.734. The molecule has 2 atom stereocenters. The summed E-state index contributed by atoms with van der Waals surface area (Å²) in [5.41, 5.74) is 1.85. The zero-order valence-electron chi connectivity index (χ0n) is 6.43. The van der Waals surface area contributed by atoms with E-state index in [0.29, 0.717) is 12.0 Å². The molecule has 1 N–H and O–H groups in total. The average molecular weight is 138 g/mol. The van der Waals surface area contributed by atoms with Gasteiger partial charge in [-0.15, -0.1) is 0 Å². The Morgan fingerprint density at radius 2 is 2.60 bits per heavy atom. The van der Waals surface area contributed by atoms with Crippen LogP contribution < -0.4 is 0 Å². The number of aliphatic hydroxyl groups is 1. The smallest absolute Gasteiger partial charge is 0.0644 e. The van der Waals surface area contributed by atoms with Crippen molar-refractivity contribution in [3.63, 3.8) is 0 Å². The Hall–Kier alpha value is -0.300. The van der Waals surface area contributed by atoms with E-state index in [1.165, 1.54) is 24.8 Å². The Kier molecular flexibility index (Phi) is 1.19. The van der Waals surface area contributed by atoms with Crippen molar-refractivity contribution in [2.75, 3.05) is 6.61 Å². The highest BCUT2D eigenvalue weighted by atomic mass is 16.3. The van der Waals surface area contributed by atoms with Gasteiger partial charge in [-0.2, -0.15) is 0 Å². The monoisotopic (exact) mass is 138 g/mol. The second-order valence-corrected chi connectivity index (χ2v) is 3.89. The fraction of sp³-hybridized carbons (Fsp3) is 0.778. The van der Waals surface area contributed by atoms with Gasteiger partial charge >= 0.3 is 0 Å². The zero-order valence-corrected chi connectivity index (χ0v) is 6.43. The van der Waals surface area contributed by atoms with Crippen molar-refractivity contribution in [2.45, 2.75) is 26.2 Å². The van der Waals surface area contributed by atoms with Gasteiger partial charge in [0, 0.05) is 0 Å². The first-order valence-electron chi connectivity index (χ1n) is 4.06. The predicted molar refractivity (Wildman–Crippen MR) is 40.6 cm³/mol. The fourth-order valence-corrected chi connectivity index (χ4v) is 2.34. The second kappa shape index (κ2) is 1.85. The van der Waals surface area contributed by atoms with Crippen LogP contribution in [0, 0.1) is 11.3 Å². The predicted octanol–water partition coefficient (Wildman–Crippen LogP) is 1.73. The van der Waals surface area contributed by atoms with Gasteiger partial charge in [-0.1, -0.05) is 13.0 Å². The van der Waals surface area contributed by atoms with Crippen molar-refractivity contribution in [3.05, 3.63) is 11.6 Å². The molecule has 2 aliphatic carbocycles. The van der Waals surface area contributed by atoms with E-state index in [9.17, 15) is 0 Å². The number of fused-ring (bicyclic) bond motifs is 1. The molecule has 0 bridgehead atoms. The minimum atomic E-state index is 0.292. The molecule has 0 saturated heterocycles. The molecule has 1 saturated carbocycles. The molecule has 0 spiro atoms. The average Bonchev–Trinajstić information content (AvgIpc) is 2.12. The maximum absolute atomic E-state index is 8.93. The molecule has 0 heterocycles. The van der Waals surface area contributed by atoms with E-state index in [-0.39, 0.29) is 0 Å². The minimum absolute atomic E-state index is 0.292. The SMILES string of the molecule is CC12CC=C(CO)C1CC2. The van der Waals surface area contributed by atoms with E-state index in [0.717, 1.165) is 5.92 Å². The molecular formula is C9H14O. The summed E-state index contributed by atoms with van der Waals surface area (Å²) in [5, 5.41) is 8.93. The first-order chi connectivity index (χ1) is 4.76. The fourth-order valence-electron chi connectivity index (χ4n) is 2.34. The van der Waals surface area contributed by atoms with Crippen molar-refractivity contribution < 1.29 is 5.11 Å². The first-order valence-corrected chi connectivity index (χ1v) is 4.06. The Morgan fingerprint density at radius 3 is 2.90 bits per heavy atom. The van der Waals surface area contributed by atoms with Crippen molar-refractivity contribution in [1.82, 2.24) is 0 Å². The van der Waals surface area contributed by atoms with Gasteiger partial charge in [-0.05, 0) is 36.2 Å². The van der Waals surface area contributed by atoms with Crippen LogP contribution in [0.15, 0.2) is 11.6 Å². The van der Waals surface area contributed by atoms with E-state index < -0.39 is 0 Å². The summed E-state index contributed by atoms with van der Waals surface area (Å²) in [6, 6.07) is 0. The van der Waals surface area contributed by atoms with Crippen LogP contribution in [0.2, 0.25) is 0 Å². The third kappa shape index (κ3) is 0.615. The van der Waals surface area contributed by atoms with Gasteiger partial charge in [0.2, 0.25) is 0 Å². The van der Waals surface area contributed by atoms with Crippen molar-refractivity contribution in [3.8, 4) is 0 Å². The van der Waals surface area contributed by atoms with Crippen LogP contribution in [0.3, 0.4) is 0 Å². The van der Waals surface area contributed by atoms with Crippen LogP contribution in [0.4, 0.5) is 0 Å². The molecule has 10 heavy (non-hydrogen) atoms. The lowest BCUT2D eigenvalue weighted by molar-refractivity contribution is 0.0932. The summed E-state index contributed by atoms with van der Waals surface area (Å²) in [6.45, 7) is 2.63. The van der Waals surface area contributed by atoms with Crippen LogP contribution in [0.25, 0.3) is 0 Å². The second-order valence-electron chi connectivity index (χ2n) is 3.89. The molecule has 1 nitrogen and oxygen atoms in total. The molecule has 2 unspecified atom stereocenters. The molecule has 0 aromatic heterocycles. The summed E-state index contributed by atoms with van der Waals surface area (Å²) in [7, 11) is 0. The highest BCUT2D eigenvalue weighted by Crippen LogP contribution is 2.56. The molecule has 0 aromatic rings. The van der Waals surface area contributed by atoms with Gasteiger partial charge in [0.25, 0.3) is 0 Å². The standard InChI is InChI=1S/C9H14O/c1-9-4-2-7(6-10)8(9)3-5-9/h2,8,10H,3-6H2,1H3. The molecule has 0 aliphatic heterocycles. The number of hydrogen-bond donors (Lipinski definition) is 1. The van der Waals surface area contributed by atoms with Gasteiger partial charge in [-0.3, -0.25) is 0 Å². The van der Waals surface area contributed by atoms with Crippen molar-refractivity contribution in [2.24, 2.45) is 11.3 Å². The molecule has 1 fully saturated rings. The highest BCUT2D eigenvalue weighted by Gasteiger charge is 2.46. The molecule has 2 aliphatic rings.